The summed E-state index contributed by atoms with van der Waals surface area (Å²) >= 11 is 0. The summed E-state index contributed by atoms with van der Waals surface area (Å²) in [6.07, 6.45) is 3.47. The molecule has 106 valence electrons. The van der Waals surface area contributed by atoms with Crippen molar-refractivity contribution in [3.8, 4) is 5.75 Å². The standard InChI is InChI=1S/C17H20FNO/c1-2-3-4-13-5-9-16(10-6-13)20-12-14-7-8-15(19)11-17(14)18/h5-11H,2-4,12,19H2,1H3. The zero-order chi connectivity index (χ0) is 14.4. The summed E-state index contributed by atoms with van der Waals surface area (Å²) in [4.78, 5) is 0. The second-order valence-electron chi connectivity index (χ2n) is 4.89. The summed E-state index contributed by atoms with van der Waals surface area (Å²) in [6.45, 7) is 2.39. The van der Waals surface area contributed by atoms with Gasteiger partial charge in [-0.3, -0.25) is 0 Å². The summed E-state index contributed by atoms with van der Waals surface area (Å²) in [7, 11) is 0. The molecule has 0 fully saturated rings. The lowest BCUT2D eigenvalue weighted by Crippen LogP contribution is -1.99. The van der Waals surface area contributed by atoms with Gasteiger partial charge in [-0.2, -0.15) is 0 Å². The van der Waals surface area contributed by atoms with Crippen LogP contribution in [-0.4, -0.2) is 0 Å². The first-order chi connectivity index (χ1) is 9.69. The summed E-state index contributed by atoms with van der Waals surface area (Å²) in [5, 5.41) is 0. The van der Waals surface area contributed by atoms with E-state index in [1.807, 2.05) is 12.1 Å². The van der Waals surface area contributed by atoms with Crippen LogP contribution in [0.4, 0.5) is 10.1 Å². The number of benzene rings is 2. The minimum atomic E-state index is -0.329. The molecule has 2 aromatic carbocycles. The second kappa shape index (κ2) is 6.94. The number of nitrogen functional groups attached to an aromatic ring is 1. The van der Waals surface area contributed by atoms with Crippen molar-refractivity contribution in [2.75, 3.05) is 5.73 Å². The Kier molecular flexibility index (Phi) is 4.99. The molecule has 0 radical (unpaired) electrons. The first kappa shape index (κ1) is 14.4. The Morgan fingerprint density at radius 3 is 2.50 bits per heavy atom. The molecule has 0 saturated heterocycles. The molecule has 0 unspecified atom stereocenters. The summed E-state index contributed by atoms with van der Waals surface area (Å²) in [6, 6.07) is 12.6. The summed E-state index contributed by atoms with van der Waals surface area (Å²) < 4.78 is 19.2. The Hall–Kier alpha value is -2.03. The normalized spacial score (nSPS) is 10.5. The molecule has 0 heterocycles. The first-order valence-electron chi connectivity index (χ1n) is 6.94. The van der Waals surface area contributed by atoms with Crippen molar-refractivity contribution in [2.24, 2.45) is 0 Å². The van der Waals surface area contributed by atoms with Gasteiger partial charge in [0.15, 0.2) is 0 Å². The van der Waals surface area contributed by atoms with Crippen LogP contribution in [0.3, 0.4) is 0 Å². The largest absolute Gasteiger partial charge is 0.489 e. The lowest BCUT2D eigenvalue weighted by atomic mass is 10.1. The number of hydrogen-bond donors (Lipinski definition) is 1. The quantitative estimate of drug-likeness (QED) is 0.795. The third-order valence-corrected chi connectivity index (χ3v) is 3.21. The molecular weight excluding hydrogens is 253 g/mol. The van der Waals surface area contributed by atoms with Crippen LogP contribution in [0, 0.1) is 5.82 Å². The van der Waals surface area contributed by atoms with E-state index in [1.54, 1.807) is 12.1 Å². The Morgan fingerprint density at radius 2 is 1.85 bits per heavy atom. The molecule has 2 rings (SSSR count). The lowest BCUT2D eigenvalue weighted by Gasteiger charge is -2.08. The second-order valence-corrected chi connectivity index (χ2v) is 4.89. The zero-order valence-corrected chi connectivity index (χ0v) is 11.7. The molecule has 2 aromatic rings. The molecule has 0 aliphatic heterocycles. The SMILES string of the molecule is CCCCc1ccc(OCc2ccc(N)cc2F)cc1. The van der Waals surface area contributed by atoms with E-state index in [4.69, 9.17) is 10.5 Å². The van der Waals surface area contributed by atoms with Gasteiger partial charge in [-0.25, -0.2) is 4.39 Å². The maximum atomic E-state index is 13.6. The van der Waals surface area contributed by atoms with Crippen molar-refractivity contribution in [2.45, 2.75) is 32.8 Å². The minimum absolute atomic E-state index is 0.209. The van der Waals surface area contributed by atoms with Gasteiger partial charge in [0.05, 0.1) is 0 Å². The van der Waals surface area contributed by atoms with E-state index < -0.39 is 0 Å². The van der Waals surface area contributed by atoms with Crippen LogP contribution in [0.1, 0.15) is 30.9 Å². The van der Waals surface area contributed by atoms with Crippen molar-refractivity contribution in [3.05, 3.63) is 59.4 Å². The number of anilines is 1. The van der Waals surface area contributed by atoms with Crippen molar-refractivity contribution in [1.82, 2.24) is 0 Å². The maximum Gasteiger partial charge on any atom is 0.131 e. The molecule has 2 nitrogen and oxygen atoms in total. The fraction of sp³-hybridized carbons (Fsp3) is 0.294. The van der Waals surface area contributed by atoms with E-state index in [0.717, 1.165) is 12.2 Å². The van der Waals surface area contributed by atoms with E-state index in [2.05, 4.69) is 19.1 Å². The first-order valence-corrected chi connectivity index (χ1v) is 6.94. The van der Waals surface area contributed by atoms with Gasteiger partial charge in [-0.1, -0.05) is 31.5 Å². The smallest absolute Gasteiger partial charge is 0.131 e. The molecule has 0 aliphatic rings. The van der Waals surface area contributed by atoms with E-state index >= 15 is 0 Å². The van der Waals surface area contributed by atoms with Gasteiger partial charge >= 0.3 is 0 Å². The highest BCUT2D eigenvalue weighted by molar-refractivity contribution is 5.40. The zero-order valence-electron chi connectivity index (χ0n) is 11.7. The van der Waals surface area contributed by atoms with Crippen LogP contribution in [0.25, 0.3) is 0 Å². The Morgan fingerprint density at radius 1 is 1.10 bits per heavy atom. The minimum Gasteiger partial charge on any atom is -0.489 e. The van der Waals surface area contributed by atoms with E-state index in [0.29, 0.717) is 11.3 Å². The van der Waals surface area contributed by atoms with Crippen LogP contribution < -0.4 is 10.5 Å². The number of ether oxygens (including phenoxy) is 1. The number of hydrogen-bond acceptors (Lipinski definition) is 2. The molecular formula is C17H20FNO. The third kappa shape index (κ3) is 3.98. The Labute approximate surface area is 119 Å². The van der Waals surface area contributed by atoms with Crippen LogP contribution in [-0.2, 0) is 13.0 Å². The van der Waals surface area contributed by atoms with Crippen molar-refractivity contribution < 1.29 is 9.13 Å². The van der Waals surface area contributed by atoms with Gasteiger partial charge in [0, 0.05) is 11.3 Å². The van der Waals surface area contributed by atoms with Gasteiger partial charge in [0.2, 0.25) is 0 Å². The number of nitrogens with two attached hydrogens (primary N) is 1. The van der Waals surface area contributed by atoms with Crippen molar-refractivity contribution in [3.63, 3.8) is 0 Å². The van der Waals surface area contributed by atoms with Crippen LogP contribution in [0.5, 0.6) is 5.75 Å². The van der Waals surface area contributed by atoms with Gasteiger partial charge < -0.3 is 10.5 Å². The predicted octanol–water partition coefficient (Wildman–Crippen LogP) is 4.33. The average molecular weight is 273 g/mol. The number of halogens is 1. The number of unbranched alkanes of at least 4 members (excludes halogenated alkanes) is 1. The fourth-order valence-electron chi connectivity index (χ4n) is 1.97. The molecule has 20 heavy (non-hydrogen) atoms. The Bertz CT molecular complexity index is 551. The molecule has 0 saturated carbocycles. The van der Waals surface area contributed by atoms with Crippen molar-refractivity contribution in [1.29, 1.82) is 0 Å². The highest BCUT2D eigenvalue weighted by Gasteiger charge is 2.03. The molecule has 2 N–H and O–H groups in total. The summed E-state index contributed by atoms with van der Waals surface area (Å²) in [5.74, 6) is 0.422. The molecule has 0 amide bonds. The third-order valence-electron chi connectivity index (χ3n) is 3.21. The fourth-order valence-corrected chi connectivity index (χ4v) is 1.97. The summed E-state index contributed by atoms with van der Waals surface area (Å²) in [5.41, 5.74) is 7.75. The molecule has 0 aliphatic carbocycles. The molecule has 0 spiro atoms. The van der Waals surface area contributed by atoms with E-state index in [-0.39, 0.29) is 12.4 Å². The molecule has 0 atom stereocenters. The number of rotatable bonds is 6. The topological polar surface area (TPSA) is 35.2 Å². The maximum absolute atomic E-state index is 13.6. The van der Waals surface area contributed by atoms with E-state index in [9.17, 15) is 4.39 Å². The highest BCUT2D eigenvalue weighted by atomic mass is 19.1. The van der Waals surface area contributed by atoms with Gasteiger partial charge in [-0.15, -0.1) is 0 Å². The van der Waals surface area contributed by atoms with Crippen LogP contribution in [0.2, 0.25) is 0 Å². The molecule has 3 heteroatoms. The van der Waals surface area contributed by atoms with Gasteiger partial charge in [-0.05, 0) is 42.7 Å². The lowest BCUT2D eigenvalue weighted by molar-refractivity contribution is 0.300. The van der Waals surface area contributed by atoms with E-state index in [1.165, 1.54) is 24.5 Å². The predicted molar refractivity (Wildman–Crippen MR) is 80.2 cm³/mol. The van der Waals surface area contributed by atoms with Gasteiger partial charge in [0.1, 0.15) is 18.2 Å². The Balaban J connectivity index is 1.93. The number of aryl methyl sites for hydroxylation is 1. The monoisotopic (exact) mass is 273 g/mol. The molecule has 0 bridgehead atoms. The van der Waals surface area contributed by atoms with Gasteiger partial charge in [0.25, 0.3) is 0 Å². The van der Waals surface area contributed by atoms with Crippen LogP contribution >= 0.6 is 0 Å². The average Bonchev–Trinajstić information content (AvgIpc) is 2.45. The van der Waals surface area contributed by atoms with Crippen molar-refractivity contribution >= 4 is 5.69 Å². The highest BCUT2D eigenvalue weighted by Crippen LogP contribution is 2.17. The molecule has 0 aromatic heterocycles. The van der Waals surface area contributed by atoms with Crippen LogP contribution in [0.15, 0.2) is 42.5 Å².